The fraction of sp³-hybridized carbons (Fsp3) is 0.696. The number of nitrogens with zero attached hydrogens (tertiary/aromatic N) is 2. The van der Waals surface area contributed by atoms with Gasteiger partial charge in [0.2, 0.25) is 0 Å². The zero-order valence-electron chi connectivity index (χ0n) is 16.1. The summed E-state index contributed by atoms with van der Waals surface area (Å²) >= 11 is 0. The van der Waals surface area contributed by atoms with E-state index in [1.165, 1.54) is 37.7 Å². The number of carbonyl (C=O) groups excluding carboxylic acids is 1. The van der Waals surface area contributed by atoms with E-state index in [9.17, 15) is 4.79 Å². The van der Waals surface area contributed by atoms with Crippen LogP contribution in [0, 0.1) is 17.3 Å². The molecule has 0 radical (unpaired) electrons. The van der Waals surface area contributed by atoms with Gasteiger partial charge in [-0.05, 0) is 68.4 Å². The highest BCUT2D eigenvalue weighted by Gasteiger charge is 2.60. The molecule has 4 saturated carbocycles. The maximum atomic E-state index is 13.6. The maximum Gasteiger partial charge on any atom is 0.153 e. The lowest BCUT2D eigenvalue weighted by molar-refractivity contribution is -0.148. The largest absolute Gasteiger partial charge is 0.304 e. The van der Waals surface area contributed by atoms with E-state index in [2.05, 4.69) is 47.2 Å². The molecule has 3 nitrogen and oxygen atoms in total. The van der Waals surface area contributed by atoms with Crippen LogP contribution in [0.5, 0.6) is 0 Å². The predicted molar refractivity (Wildman–Crippen MR) is 104 cm³/mol. The highest BCUT2D eigenvalue weighted by atomic mass is 16.1. The Kier molecular flexibility index (Phi) is 4.02. The number of likely N-dealkylation sites (N-methyl/N-ethyl adjacent to an activating group) is 1. The summed E-state index contributed by atoms with van der Waals surface area (Å²) in [6, 6.07) is 11.1. The fourth-order valence-electron chi connectivity index (χ4n) is 7.10. The summed E-state index contributed by atoms with van der Waals surface area (Å²) in [5, 5.41) is 0. The van der Waals surface area contributed by atoms with Crippen LogP contribution in [0.15, 0.2) is 30.3 Å². The van der Waals surface area contributed by atoms with Gasteiger partial charge in [0, 0.05) is 31.6 Å². The van der Waals surface area contributed by atoms with Gasteiger partial charge >= 0.3 is 0 Å². The van der Waals surface area contributed by atoms with Crippen LogP contribution in [-0.2, 0) is 10.2 Å². The second-order valence-corrected chi connectivity index (χ2v) is 9.89. The lowest BCUT2D eigenvalue weighted by Gasteiger charge is -2.62. The van der Waals surface area contributed by atoms with Crippen LogP contribution in [0.2, 0.25) is 0 Å². The van der Waals surface area contributed by atoms with Gasteiger partial charge in [0.25, 0.3) is 0 Å². The minimum atomic E-state index is -0.0245. The Morgan fingerprint density at radius 1 is 1.00 bits per heavy atom. The van der Waals surface area contributed by atoms with Crippen molar-refractivity contribution in [2.75, 3.05) is 39.8 Å². The third kappa shape index (κ3) is 2.75. The van der Waals surface area contributed by atoms with Gasteiger partial charge in [0.15, 0.2) is 5.78 Å². The molecule has 1 aliphatic heterocycles. The molecular weight excluding hydrogens is 320 g/mol. The third-order valence-corrected chi connectivity index (χ3v) is 8.00. The summed E-state index contributed by atoms with van der Waals surface area (Å²) in [4.78, 5) is 18.3. The molecule has 1 heterocycles. The van der Waals surface area contributed by atoms with Crippen LogP contribution in [0.4, 0.5) is 0 Å². The first-order valence-electron chi connectivity index (χ1n) is 10.6. The smallest absolute Gasteiger partial charge is 0.153 e. The van der Waals surface area contributed by atoms with Crippen molar-refractivity contribution in [3.05, 3.63) is 35.9 Å². The van der Waals surface area contributed by atoms with Crippen LogP contribution in [0.3, 0.4) is 0 Å². The summed E-state index contributed by atoms with van der Waals surface area (Å²) in [7, 11) is 2.18. The van der Waals surface area contributed by atoms with E-state index >= 15 is 0 Å². The highest BCUT2D eigenvalue weighted by Crippen LogP contribution is 2.66. The second-order valence-electron chi connectivity index (χ2n) is 9.89. The minimum Gasteiger partial charge on any atom is -0.304 e. The molecule has 5 fully saturated rings. The van der Waals surface area contributed by atoms with Crippen molar-refractivity contribution in [2.45, 2.75) is 43.9 Å². The van der Waals surface area contributed by atoms with Gasteiger partial charge in [0.05, 0.1) is 6.54 Å². The normalized spacial score (nSPS) is 40.0. The van der Waals surface area contributed by atoms with Crippen molar-refractivity contribution in [3.63, 3.8) is 0 Å². The van der Waals surface area contributed by atoms with Crippen LogP contribution < -0.4 is 0 Å². The van der Waals surface area contributed by atoms with Crippen LogP contribution >= 0.6 is 0 Å². The van der Waals surface area contributed by atoms with Crippen molar-refractivity contribution in [1.29, 1.82) is 0 Å². The number of rotatable bonds is 4. The number of ketones is 1. The van der Waals surface area contributed by atoms with E-state index in [0.717, 1.165) is 44.4 Å². The highest BCUT2D eigenvalue weighted by molar-refractivity contribution is 5.87. The molecule has 26 heavy (non-hydrogen) atoms. The molecule has 4 aliphatic carbocycles. The Labute approximate surface area is 157 Å². The van der Waals surface area contributed by atoms with Gasteiger partial charge < -0.3 is 4.90 Å². The van der Waals surface area contributed by atoms with Gasteiger partial charge in [0.1, 0.15) is 0 Å². The molecule has 1 aromatic rings. The van der Waals surface area contributed by atoms with Crippen molar-refractivity contribution >= 4 is 5.78 Å². The zero-order valence-corrected chi connectivity index (χ0v) is 16.1. The van der Waals surface area contributed by atoms with Crippen molar-refractivity contribution in [3.8, 4) is 0 Å². The van der Waals surface area contributed by atoms with E-state index in [1.54, 1.807) is 0 Å². The Hall–Kier alpha value is -1.19. The maximum absolute atomic E-state index is 13.6. The Morgan fingerprint density at radius 3 is 2.31 bits per heavy atom. The lowest BCUT2D eigenvalue weighted by atomic mass is 9.42. The summed E-state index contributed by atoms with van der Waals surface area (Å²) in [5.74, 6) is 2.11. The third-order valence-electron chi connectivity index (χ3n) is 8.00. The first-order valence-corrected chi connectivity index (χ1v) is 10.6. The molecule has 140 valence electrons. The average Bonchev–Trinajstić information content (AvgIpc) is 2.63. The molecule has 0 amide bonds. The van der Waals surface area contributed by atoms with Crippen LogP contribution in [0.1, 0.15) is 44.1 Å². The zero-order chi connectivity index (χ0) is 17.8. The van der Waals surface area contributed by atoms with Gasteiger partial charge in [-0.15, -0.1) is 0 Å². The topological polar surface area (TPSA) is 23.6 Å². The number of hydrogen-bond donors (Lipinski definition) is 0. The van der Waals surface area contributed by atoms with E-state index in [4.69, 9.17) is 0 Å². The SMILES string of the molecule is CN1CCN(CC(=O)C23C[C@@H]4C[C@@H](C2)CC(c2ccccc2)(C4)C3)CC1. The van der Waals surface area contributed by atoms with E-state index in [0.29, 0.717) is 12.3 Å². The monoisotopic (exact) mass is 352 g/mol. The number of piperazine rings is 1. The molecule has 1 saturated heterocycles. The first-order chi connectivity index (χ1) is 12.6. The van der Waals surface area contributed by atoms with Gasteiger partial charge in [-0.1, -0.05) is 30.3 Å². The minimum absolute atomic E-state index is 0.0245. The standard InChI is InChI=1S/C23H32N2O/c1-24-7-9-25(10-8-24)16-21(26)23-14-18-11-19(15-23)13-22(12-18,17-23)20-5-3-2-4-6-20/h2-6,18-19H,7-17H2,1H3/t18-,19-,22?,23?/m1/s1. The van der Waals surface area contributed by atoms with Gasteiger partial charge in [-0.2, -0.15) is 0 Å². The number of Topliss-reactive ketones (excluding diaryl/α,β-unsaturated/α-hetero) is 1. The quantitative estimate of drug-likeness (QED) is 0.830. The van der Waals surface area contributed by atoms with E-state index in [1.807, 2.05) is 0 Å². The Morgan fingerprint density at radius 2 is 1.65 bits per heavy atom. The van der Waals surface area contributed by atoms with Crippen LogP contribution in [-0.4, -0.2) is 55.4 Å². The average molecular weight is 353 g/mol. The van der Waals surface area contributed by atoms with Gasteiger partial charge in [-0.25, -0.2) is 0 Å². The summed E-state index contributed by atoms with van der Waals surface area (Å²) < 4.78 is 0. The Balaban J connectivity index is 1.39. The molecule has 0 spiro atoms. The number of hydrogen-bond acceptors (Lipinski definition) is 3. The molecule has 2 atom stereocenters. The number of carbonyl (C=O) groups is 1. The van der Waals surface area contributed by atoms with Crippen molar-refractivity contribution < 1.29 is 4.79 Å². The lowest BCUT2D eigenvalue weighted by Crippen LogP contribution is -2.58. The molecule has 0 N–H and O–H groups in total. The first kappa shape index (κ1) is 16.9. The van der Waals surface area contributed by atoms with E-state index < -0.39 is 0 Å². The molecular formula is C23H32N2O. The second kappa shape index (κ2) is 6.17. The summed E-state index contributed by atoms with van der Waals surface area (Å²) in [6.07, 6.45) is 7.46. The molecule has 3 heteroatoms. The molecule has 4 bridgehead atoms. The predicted octanol–water partition coefficient (Wildman–Crippen LogP) is 3.34. The molecule has 0 aromatic heterocycles. The molecule has 6 rings (SSSR count). The molecule has 5 aliphatic rings. The van der Waals surface area contributed by atoms with Crippen molar-refractivity contribution in [1.82, 2.24) is 9.80 Å². The Bertz CT molecular complexity index is 663. The number of benzene rings is 1. The van der Waals surface area contributed by atoms with Crippen molar-refractivity contribution in [2.24, 2.45) is 17.3 Å². The van der Waals surface area contributed by atoms with Crippen LogP contribution in [0.25, 0.3) is 0 Å². The molecule has 0 unspecified atom stereocenters. The molecule has 1 aromatic carbocycles. The van der Waals surface area contributed by atoms with E-state index in [-0.39, 0.29) is 10.8 Å². The summed E-state index contributed by atoms with van der Waals surface area (Å²) in [6.45, 7) is 4.99. The van der Waals surface area contributed by atoms with Gasteiger partial charge in [-0.3, -0.25) is 9.69 Å². The fourth-order valence-corrected chi connectivity index (χ4v) is 7.10. The summed E-state index contributed by atoms with van der Waals surface area (Å²) in [5.41, 5.74) is 1.76.